The average Bonchev–Trinajstić information content (AvgIpc) is 3.09. The van der Waals surface area contributed by atoms with Gasteiger partial charge in [-0.3, -0.25) is 9.29 Å². The van der Waals surface area contributed by atoms with Gasteiger partial charge in [-0.1, -0.05) is 41.4 Å². The van der Waals surface area contributed by atoms with Gasteiger partial charge >= 0.3 is 0 Å². The molecule has 5 aromatic rings. The van der Waals surface area contributed by atoms with E-state index in [1.165, 1.54) is 24.3 Å². The first-order valence-electron chi connectivity index (χ1n) is 9.94. The number of hydrogen-bond donors (Lipinski definition) is 1. The van der Waals surface area contributed by atoms with Crippen LogP contribution in [0.2, 0.25) is 5.02 Å². The number of nitriles is 1. The Kier molecular flexibility index (Phi) is 5.01. The Morgan fingerprint density at radius 3 is 2.21 bits per heavy atom. The summed E-state index contributed by atoms with van der Waals surface area (Å²) in [7, 11) is -4.03. The largest absolute Gasteiger partial charge is 0.277 e. The van der Waals surface area contributed by atoms with Crippen molar-refractivity contribution in [2.45, 2.75) is 11.8 Å². The summed E-state index contributed by atoms with van der Waals surface area (Å²) in [6, 6.07) is 22.7. The molecular weight excluding hydrogens is 458 g/mol. The fraction of sp³-hybridized carbons (Fsp3) is 0.0417. The number of para-hydroxylation sites is 2. The van der Waals surface area contributed by atoms with Gasteiger partial charge in [0, 0.05) is 10.7 Å². The first kappa shape index (κ1) is 20.9. The van der Waals surface area contributed by atoms with Crippen LogP contribution in [0.4, 0.5) is 5.82 Å². The molecule has 0 saturated heterocycles. The fourth-order valence-electron chi connectivity index (χ4n) is 3.59. The lowest BCUT2D eigenvalue weighted by molar-refractivity contribution is 0.601. The molecule has 0 aliphatic heterocycles. The summed E-state index contributed by atoms with van der Waals surface area (Å²) in [6.07, 6.45) is 0. The molecule has 1 N–H and O–H groups in total. The highest BCUT2D eigenvalue weighted by Crippen LogP contribution is 2.34. The molecule has 0 radical (unpaired) electrons. The number of aromatic nitrogens is 3. The minimum absolute atomic E-state index is 0.0163. The predicted octanol–water partition coefficient (Wildman–Crippen LogP) is 5.21. The number of rotatable bonds is 4. The van der Waals surface area contributed by atoms with Crippen LogP contribution < -0.4 is 4.72 Å². The third-order valence-corrected chi connectivity index (χ3v) is 6.83. The highest BCUT2D eigenvalue weighted by Gasteiger charge is 2.26. The van der Waals surface area contributed by atoms with E-state index < -0.39 is 10.0 Å². The van der Waals surface area contributed by atoms with Gasteiger partial charge in [-0.05, 0) is 55.5 Å². The molecule has 2 aromatic heterocycles. The summed E-state index contributed by atoms with van der Waals surface area (Å²) in [5, 5.41) is 10.4. The topological polar surface area (TPSA) is 101 Å². The molecule has 0 spiro atoms. The van der Waals surface area contributed by atoms with E-state index in [0.717, 1.165) is 5.56 Å². The fourth-order valence-corrected chi connectivity index (χ4v) is 4.78. The number of halogens is 1. The molecule has 3 aromatic carbocycles. The number of nitrogens with one attached hydrogen (secondary N) is 1. The lowest BCUT2D eigenvalue weighted by atomic mass is 10.2. The minimum atomic E-state index is -4.03. The zero-order valence-corrected chi connectivity index (χ0v) is 18.9. The quantitative estimate of drug-likeness (QED) is 0.386. The van der Waals surface area contributed by atoms with Crippen molar-refractivity contribution in [3.63, 3.8) is 0 Å². The van der Waals surface area contributed by atoms with Gasteiger partial charge < -0.3 is 0 Å². The average molecular weight is 474 g/mol. The molecule has 0 fully saturated rings. The number of fused-ring (bicyclic) bond motifs is 2. The SMILES string of the molecule is Cc1ccc(-n2c(NS(=O)(=O)c3ccc(Cl)cc3)c(C#N)c3nc4ccccc4nc32)cc1. The molecular formula is C24H16ClN5O2S. The van der Waals surface area contributed by atoms with E-state index in [1.807, 2.05) is 49.4 Å². The smallest absolute Gasteiger partial charge is 0.263 e. The second kappa shape index (κ2) is 7.89. The van der Waals surface area contributed by atoms with Gasteiger partial charge in [0.2, 0.25) is 0 Å². The number of hydrogen-bond acceptors (Lipinski definition) is 5. The van der Waals surface area contributed by atoms with Crippen molar-refractivity contribution in [1.29, 1.82) is 5.26 Å². The summed E-state index contributed by atoms with van der Waals surface area (Å²) in [6.45, 7) is 1.95. The number of anilines is 1. The molecule has 33 heavy (non-hydrogen) atoms. The monoisotopic (exact) mass is 473 g/mol. The summed E-state index contributed by atoms with van der Waals surface area (Å²) in [5.74, 6) is 0.0709. The van der Waals surface area contributed by atoms with Crippen molar-refractivity contribution < 1.29 is 8.42 Å². The maximum absolute atomic E-state index is 13.2. The van der Waals surface area contributed by atoms with Crippen LogP contribution in [-0.2, 0) is 10.0 Å². The first-order valence-corrected chi connectivity index (χ1v) is 11.8. The zero-order valence-electron chi connectivity index (χ0n) is 17.3. The third-order valence-electron chi connectivity index (χ3n) is 5.22. The number of sulfonamides is 1. The predicted molar refractivity (Wildman–Crippen MR) is 128 cm³/mol. The maximum Gasteiger partial charge on any atom is 0.263 e. The van der Waals surface area contributed by atoms with E-state index in [0.29, 0.717) is 32.9 Å². The van der Waals surface area contributed by atoms with Gasteiger partial charge in [-0.25, -0.2) is 18.4 Å². The minimum Gasteiger partial charge on any atom is -0.277 e. The highest BCUT2D eigenvalue weighted by molar-refractivity contribution is 7.92. The third kappa shape index (κ3) is 3.67. The van der Waals surface area contributed by atoms with Gasteiger partial charge in [-0.15, -0.1) is 0 Å². The van der Waals surface area contributed by atoms with Gasteiger partial charge in [0.05, 0.1) is 15.9 Å². The van der Waals surface area contributed by atoms with Crippen LogP contribution in [0.3, 0.4) is 0 Å². The molecule has 0 unspecified atom stereocenters. The molecule has 0 bridgehead atoms. The van der Waals surface area contributed by atoms with Crippen LogP contribution in [0.5, 0.6) is 0 Å². The number of nitrogens with zero attached hydrogens (tertiary/aromatic N) is 4. The summed E-state index contributed by atoms with van der Waals surface area (Å²) >= 11 is 5.91. The Bertz CT molecular complexity index is 1670. The van der Waals surface area contributed by atoms with Gasteiger partial charge in [0.1, 0.15) is 23.0 Å². The Morgan fingerprint density at radius 2 is 1.58 bits per heavy atom. The molecule has 7 nitrogen and oxygen atoms in total. The van der Waals surface area contributed by atoms with Crippen molar-refractivity contribution in [1.82, 2.24) is 14.5 Å². The van der Waals surface area contributed by atoms with Crippen LogP contribution in [0.1, 0.15) is 11.1 Å². The first-order chi connectivity index (χ1) is 15.9. The van der Waals surface area contributed by atoms with Gasteiger partial charge in [-0.2, -0.15) is 5.26 Å². The molecule has 2 heterocycles. The van der Waals surface area contributed by atoms with E-state index in [4.69, 9.17) is 16.6 Å². The normalized spacial score (nSPS) is 11.5. The van der Waals surface area contributed by atoms with E-state index in [9.17, 15) is 13.7 Å². The molecule has 0 atom stereocenters. The number of benzene rings is 3. The van der Waals surface area contributed by atoms with Crippen molar-refractivity contribution >= 4 is 49.6 Å². The molecule has 162 valence electrons. The van der Waals surface area contributed by atoms with Crippen molar-refractivity contribution in [2.75, 3.05) is 4.72 Å². The van der Waals surface area contributed by atoms with Gasteiger partial charge in [0.15, 0.2) is 5.65 Å². The Labute approximate surface area is 195 Å². The van der Waals surface area contributed by atoms with Crippen LogP contribution >= 0.6 is 11.6 Å². The summed E-state index contributed by atoms with van der Waals surface area (Å²) in [5.41, 5.74) is 3.69. The second-order valence-electron chi connectivity index (χ2n) is 7.45. The highest BCUT2D eigenvalue weighted by atomic mass is 35.5. The van der Waals surface area contributed by atoms with E-state index in [1.54, 1.807) is 10.6 Å². The maximum atomic E-state index is 13.2. The Balaban J connectivity index is 1.82. The molecule has 0 amide bonds. The Morgan fingerprint density at radius 1 is 0.939 bits per heavy atom. The zero-order chi connectivity index (χ0) is 23.2. The Hall–Kier alpha value is -3.93. The molecule has 5 rings (SSSR count). The molecule has 0 aliphatic rings. The molecule has 9 heteroatoms. The van der Waals surface area contributed by atoms with Crippen LogP contribution in [0.15, 0.2) is 77.7 Å². The van der Waals surface area contributed by atoms with Crippen molar-refractivity contribution in [3.05, 3.63) is 88.9 Å². The van der Waals surface area contributed by atoms with E-state index in [-0.39, 0.29) is 16.3 Å². The van der Waals surface area contributed by atoms with E-state index in [2.05, 4.69) is 15.8 Å². The lowest BCUT2D eigenvalue weighted by Gasteiger charge is -2.13. The van der Waals surface area contributed by atoms with Crippen LogP contribution in [0.25, 0.3) is 27.9 Å². The van der Waals surface area contributed by atoms with Crippen LogP contribution in [-0.4, -0.2) is 23.0 Å². The summed E-state index contributed by atoms with van der Waals surface area (Å²) in [4.78, 5) is 9.36. The number of aryl methyl sites for hydroxylation is 1. The van der Waals surface area contributed by atoms with Gasteiger partial charge in [0.25, 0.3) is 10.0 Å². The van der Waals surface area contributed by atoms with Crippen molar-refractivity contribution in [3.8, 4) is 11.8 Å². The van der Waals surface area contributed by atoms with E-state index >= 15 is 0 Å². The van der Waals surface area contributed by atoms with Crippen molar-refractivity contribution in [2.24, 2.45) is 0 Å². The van der Waals surface area contributed by atoms with Crippen LogP contribution in [0, 0.1) is 18.3 Å². The summed E-state index contributed by atoms with van der Waals surface area (Å²) < 4.78 is 30.6. The standard InChI is InChI=1S/C24H16ClN5O2S/c1-15-6-10-17(11-7-15)30-23(29-33(31,32)18-12-8-16(25)9-13-18)19(14-26)22-24(30)28-21-5-3-2-4-20(21)27-22/h2-13,29H,1H3. The molecule has 0 saturated carbocycles. The molecule has 0 aliphatic carbocycles. The second-order valence-corrected chi connectivity index (χ2v) is 9.57. The lowest BCUT2D eigenvalue weighted by Crippen LogP contribution is -2.16.